The van der Waals surface area contributed by atoms with Crippen LogP contribution in [0.1, 0.15) is 24.3 Å². The zero-order chi connectivity index (χ0) is 14.1. The second-order valence-electron chi connectivity index (χ2n) is 4.65. The fraction of sp³-hybridized carbons (Fsp3) is 0.267. The summed E-state index contributed by atoms with van der Waals surface area (Å²) in [5, 5.41) is 16.0. The number of benzene rings is 1. The maximum Gasteiger partial charge on any atom is 0.174 e. The number of hydrogen-bond acceptors (Lipinski definition) is 3. The zero-order valence-electron chi connectivity index (χ0n) is 11.1. The molecule has 5 heteroatoms. The normalized spacial score (nSPS) is 12.9. The highest BCUT2D eigenvalue weighted by molar-refractivity contribution is 9.10. The Bertz CT molecular complexity index is 732. The number of aromatic nitrogens is 2. The molecule has 1 atom stereocenters. The van der Waals surface area contributed by atoms with E-state index in [-0.39, 0.29) is 0 Å². The number of nitrogens with zero attached hydrogens (tertiary/aromatic N) is 2. The Kier molecular flexibility index (Phi) is 3.63. The minimum Gasteiger partial charge on any atom is -0.457 e. The molecule has 20 heavy (non-hydrogen) atoms. The Morgan fingerprint density at radius 3 is 2.85 bits per heavy atom. The van der Waals surface area contributed by atoms with Gasteiger partial charge in [-0.05, 0) is 35.0 Å². The first-order valence-electron chi connectivity index (χ1n) is 6.56. The average Bonchev–Trinajstić information content (AvgIpc) is 3.03. The summed E-state index contributed by atoms with van der Waals surface area (Å²) in [5.41, 5.74) is 2.76. The van der Waals surface area contributed by atoms with Crippen molar-refractivity contribution in [2.45, 2.75) is 26.0 Å². The van der Waals surface area contributed by atoms with Crippen LogP contribution in [-0.4, -0.2) is 14.9 Å². The summed E-state index contributed by atoms with van der Waals surface area (Å²) in [5.74, 6) is 0. The lowest BCUT2D eigenvalue weighted by atomic mass is 10.1. The lowest BCUT2D eigenvalue weighted by molar-refractivity contribution is 0.175. The molecular weight excluding hydrogens is 320 g/mol. The van der Waals surface area contributed by atoms with Crippen LogP contribution >= 0.6 is 15.9 Å². The van der Waals surface area contributed by atoms with Crippen LogP contribution in [0.5, 0.6) is 0 Å². The third-order valence-electron chi connectivity index (χ3n) is 3.43. The number of aliphatic hydroxyl groups excluding tert-OH is 1. The minimum atomic E-state index is -0.633. The van der Waals surface area contributed by atoms with Gasteiger partial charge in [0.25, 0.3) is 0 Å². The number of halogens is 1. The molecule has 0 radical (unpaired) electrons. The smallest absolute Gasteiger partial charge is 0.174 e. The van der Waals surface area contributed by atoms with Crippen molar-refractivity contribution < 1.29 is 9.52 Å². The molecule has 3 aromatic rings. The van der Waals surface area contributed by atoms with E-state index in [9.17, 15) is 5.11 Å². The van der Waals surface area contributed by atoms with Crippen molar-refractivity contribution in [3.05, 3.63) is 52.5 Å². The second kappa shape index (κ2) is 5.42. The van der Waals surface area contributed by atoms with Gasteiger partial charge in [0.1, 0.15) is 0 Å². The maximum atomic E-state index is 10.3. The van der Waals surface area contributed by atoms with Crippen LogP contribution in [0.3, 0.4) is 0 Å². The molecule has 2 heterocycles. The number of hydrogen-bond donors (Lipinski definition) is 1. The van der Waals surface area contributed by atoms with Gasteiger partial charge in [-0.2, -0.15) is 5.10 Å². The van der Waals surface area contributed by atoms with Gasteiger partial charge in [0, 0.05) is 23.9 Å². The molecule has 0 aliphatic carbocycles. The molecular formula is C15H15BrN2O2. The van der Waals surface area contributed by atoms with Gasteiger partial charge in [-0.25, -0.2) is 0 Å². The van der Waals surface area contributed by atoms with Crippen molar-refractivity contribution >= 4 is 26.8 Å². The molecule has 0 aliphatic heterocycles. The number of rotatable bonds is 4. The molecule has 0 bridgehead atoms. The third kappa shape index (κ3) is 2.27. The van der Waals surface area contributed by atoms with Gasteiger partial charge in [-0.3, -0.25) is 4.68 Å². The van der Waals surface area contributed by atoms with E-state index in [0.717, 1.165) is 28.7 Å². The van der Waals surface area contributed by atoms with Crippen LogP contribution < -0.4 is 0 Å². The summed E-state index contributed by atoms with van der Waals surface area (Å²) in [7, 11) is 0. The number of furan rings is 1. The van der Waals surface area contributed by atoms with Gasteiger partial charge < -0.3 is 9.52 Å². The number of aryl methyl sites for hydroxylation is 1. The van der Waals surface area contributed by atoms with Gasteiger partial charge in [0.15, 0.2) is 4.67 Å². The fourth-order valence-corrected chi connectivity index (χ4v) is 2.93. The SMILES string of the molecule is CCn1nc(CC(O)c2ccoc2Br)c2ccccc21. The minimum absolute atomic E-state index is 0.464. The number of aliphatic hydroxyl groups is 1. The Balaban J connectivity index is 1.97. The molecule has 0 aliphatic rings. The molecule has 3 rings (SSSR count). The van der Waals surface area contributed by atoms with E-state index in [1.807, 2.05) is 22.9 Å². The summed E-state index contributed by atoms with van der Waals surface area (Å²) >= 11 is 3.30. The van der Waals surface area contributed by atoms with Crippen molar-refractivity contribution in [1.29, 1.82) is 0 Å². The van der Waals surface area contributed by atoms with E-state index in [0.29, 0.717) is 11.1 Å². The standard InChI is InChI=1S/C15H15BrN2O2/c1-2-18-13-6-4-3-5-10(13)12(17-18)9-14(19)11-7-8-20-15(11)16/h3-8,14,19H,2,9H2,1H3. The van der Waals surface area contributed by atoms with E-state index < -0.39 is 6.10 Å². The molecule has 1 N–H and O–H groups in total. The third-order valence-corrected chi connectivity index (χ3v) is 4.07. The van der Waals surface area contributed by atoms with Gasteiger partial charge in [-0.1, -0.05) is 18.2 Å². The number of fused-ring (bicyclic) bond motifs is 1. The van der Waals surface area contributed by atoms with Gasteiger partial charge in [-0.15, -0.1) is 0 Å². The molecule has 0 saturated carbocycles. The zero-order valence-corrected chi connectivity index (χ0v) is 12.7. The maximum absolute atomic E-state index is 10.3. The molecule has 1 aromatic carbocycles. The molecule has 0 saturated heterocycles. The summed E-state index contributed by atoms with van der Waals surface area (Å²) in [6.45, 7) is 2.87. The summed E-state index contributed by atoms with van der Waals surface area (Å²) in [6.07, 6.45) is 1.39. The lowest BCUT2D eigenvalue weighted by Gasteiger charge is -2.07. The summed E-state index contributed by atoms with van der Waals surface area (Å²) < 4.78 is 7.70. The molecule has 0 fully saturated rings. The van der Waals surface area contributed by atoms with Crippen molar-refractivity contribution in [3.8, 4) is 0 Å². The quantitative estimate of drug-likeness (QED) is 0.791. The van der Waals surface area contributed by atoms with E-state index in [4.69, 9.17) is 4.42 Å². The molecule has 104 valence electrons. The van der Waals surface area contributed by atoms with Crippen LogP contribution in [0.2, 0.25) is 0 Å². The highest BCUT2D eigenvalue weighted by atomic mass is 79.9. The Morgan fingerprint density at radius 1 is 1.35 bits per heavy atom. The van der Waals surface area contributed by atoms with Crippen LogP contribution in [-0.2, 0) is 13.0 Å². The second-order valence-corrected chi connectivity index (χ2v) is 5.37. The Hall–Kier alpha value is -1.59. The van der Waals surface area contributed by atoms with Gasteiger partial charge in [0.05, 0.1) is 23.6 Å². The highest BCUT2D eigenvalue weighted by Crippen LogP contribution is 2.29. The molecule has 0 spiro atoms. The molecule has 1 unspecified atom stereocenters. The van der Waals surface area contributed by atoms with Gasteiger partial charge >= 0.3 is 0 Å². The fourth-order valence-electron chi connectivity index (χ4n) is 2.42. The van der Waals surface area contributed by atoms with Crippen molar-refractivity contribution in [3.63, 3.8) is 0 Å². The first kappa shape index (κ1) is 13.4. The predicted octanol–water partition coefficient (Wildman–Crippen LogP) is 3.69. The van der Waals surface area contributed by atoms with E-state index >= 15 is 0 Å². The molecule has 4 nitrogen and oxygen atoms in total. The first-order valence-corrected chi connectivity index (χ1v) is 7.35. The lowest BCUT2D eigenvalue weighted by Crippen LogP contribution is -2.03. The monoisotopic (exact) mass is 334 g/mol. The average molecular weight is 335 g/mol. The van der Waals surface area contributed by atoms with Crippen LogP contribution in [0.25, 0.3) is 10.9 Å². The van der Waals surface area contributed by atoms with Gasteiger partial charge in [0.2, 0.25) is 0 Å². The van der Waals surface area contributed by atoms with E-state index in [1.54, 1.807) is 12.3 Å². The van der Waals surface area contributed by atoms with Crippen molar-refractivity contribution in [2.75, 3.05) is 0 Å². The van der Waals surface area contributed by atoms with Crippen molar-refractivity contribution in [2.24, 2.45) is 0 Å². The summed E-state index contributed by atoms with van der Waals surface area (Å²) in [6, 6.07) is 9.86. The Labute approximate surface area is 125 Å². The number of para-hydroxylation sites is 1. The topological polar surface area (TPSA) is 51.2 Å². The van der Waals surface area contributed by atoms with Crippen LogP contribution in [0.4, 0.5) is 0 Å². The Morgan fingerprint density at radius 2 is 2.15 bits per heavy atom. The van der Waals surface area contributed by atoms with Crippen LogP contribution in [0, 0.1) is 0 Å². The summed E-state index contributed by atoms with van der Waals surface area (Å²) in [4.78, 5) is 0. The van der Waals surface area contributed by atoms with E-state index in [1.165, 1.54) is 0 Å². The molecule has 0 amide bonds. The predicted molar refractivity (Wildman–Crippen MR) is 80.5 cm³/mol. The first-order chi connectivity index (χ1) is 9.70. The molecule has 2 aromatic heterocycles. The van der Waals surface area contributed by atoms with Crippen LogP contribution in [0.15, 0.2) is 45.7 Å². The highest BCUT2D eigenvalue weighted by Gasteiger charge is 2.18. The van der Waals surface area contributed by atoms with Crippen molar-refractivity contribution in [1.82, 2.24) is 9.78 Å². The largest absolute Gasteiger partial charge is 0.457 e. The van der Waals surface area contributed by atoms with E-state index in [2.05, 4.69) is 34.0 Å².